The van der Waals surface area contributed by atoms with E-state index in [0.29, 0.717) is 17.7 Å². The lowest BCUT2D eigenvalue weighted by Gasteiger charge is -2.36. The lowest BCUT2D eigenvalue weighted by molar-refractivity contribution is -0.138. The Morgan fingerprint density at radius 1 is 1.00 bits per heavy atom. The van der Waals surface area contributed by atoms with Crippen LogP contribution in [0.3, 0.4) is 0 Å². The molecule has 0 unspecified atom stereocenters. The van der Waals surface area contributed by atoms with E-state index in [1.165, 1.54) is 11.1 Å². The van der Waals surface area contributed by atoms with Gasteiger partial charge in [-0.15, -0.1) is 0 Å². The molecule has 4 rings (SSSR count). The van der Waals surface area contributed by atoms with Gasteiger partial charge in [0.2, 0.25) is 11.8 Å². The number of carbonyl (C=O) groups is 2. The standard InChI is InChI=1S/C21H28N2O2/c24-20-6-3-11-23(20)15-16-9-12-22(13-10-16)21(25)19-8-7-17-4-1-2-5-18(17)14-19/h1-2,4-5,16,19H,3,6-15H2/t19-/m1/s1. The van der Waals surface area contributed by atoms with Gasteiger partial charge in [0.1, 0.15) is 0 Å². The maximum atomic E-state index is 12.9. The number of aryl methyl sites for hydroxylation is 1. The maximum Gasteiger partial charge on any atom is 0.226 e. The van der Waals surface area contributed by atoms with Crippen molar-refractivity contribution >= 4 is 11.8 Å². The number of amides is 2. The monoisotopic (exact) mass is 340 g/mol. The van der Waals surface area contributed by atoms with Crippen LogP contribution in [-0.4, -0.2) is 47.8 Å². The van der Waals surface area contributed by atoms with Crippen molar-refractivity contribution in [1.29, 1.82) is 0 Å². The van der Waals surface area contributed by atoms with Gasteiger partial charge in [-0.2, -0.15) is 0 Å². The Labute approximate surface area is 150 Å². The molecular weight excluding hydrogens is 312 g/mol. The van der Waals surface area contributed by atoms with Crippen LogP contribution >= 0.6 is 0 Å². The summed E-state index contributed by atoms with van der Waals surface area (Å²) < 4.78 is 0. The van der Waals surface area contributed by atoms with E-state index in [-0.39, 0.29) is 5.92 Å². The molecule has 0 radical (unpaired) electrons. The zero-order valence-corrected chi connectivity index (χ0v) is 15.0. The van der Waals surface area contributed by atoms with Crippen LogP contribution < -0.4 is 0 Å². The zero-order chi connectivity index (χ0) is 17.2. The lowest BCUT2D eigenvalue weighted by atomic mass is 9.82. The second-order valence-electron chi connectivity index (χ2n) is 7.92. The topological polar surface area (TPSA) is 40.6 Å². The van der Waals surface area contributed by atoms with Crippen molar-refractivity contribution in [3.63, 3.8) is 0 Å². The second kappa shape index (κ2) is 7.19. The van der Waals surface area contributed by atoms with Gasteiger partial charge in [0.15, 0.2) is 0 Å². The van der Waals surface area contributed by atoms with Gasteiger partial charge in [-0.25, -0.2) is 0 Å². The third-order valence-electron chi connectivity index (χ3n) is 6.27. The molecule has 1 atom stereocenters. The molecule has 2 saturated heterocycles. The molecule has 0 saturated carbocycles. The molecule has 0 bridgehead atoms. The van der Waals surface area contributed by atoms with Gasteiger partial charge < -0.3 is 9.80 Å². The maximum absolute atomic E-state index is 12.9. The van der Waals surface area contributed by atoms with Crippen LogP contribution in [0.1, 0.15) is 43.2 Å². The van der Waals surface area contributed by atoms with E-state index in [1.807, 2.05) is 4.90 Å². The number of hydrogen-bond acceptors (Lipinski definition) is 2. The summed E-state index contributed by atoms with van der Waals surface area (Å²) in [6.07, 6.45) is 6.73. The van der Waals surface area contributed by atoms with Crippen LogP contribution in [0.2, 0.25) is 0 Å². The fourth-order valence-electron chi connectivity index (χ4n) is 4.71. The number of rotatable bonds is 3. The average molecular weight is 340 g/mol. The van der Waals surface area contributed by atoms with E-state index in [1.54, 1.807) is 0 Å². The number of nitrogens with zero attached hydrogens (tertiary/aromatic N) is 2. The molecule has 1 aliphatic carbocycles. The summed E-state index contributed by atoms with van der Waals surface area (Å²) in [5, 5.41) is 0. The largest absolute Gasteiger partial charge is 0.342 e. The first-order valence-electron chi connectivity index (χ1n) is 9.84. The number of fused-ring (bicyclic) bond motifs is 1. The molecule has 4 heteroatoms. The summed E-state index contributed by atoms with van der Waals surface area (Å²) in [6, 6.07) is 8.54. The smallest absolute Gasteiger partial charge is 0.226 e. The van der Waals surface area contributed by atoms with Crippen molar-refractivity contribution in [3.05, 3.63) is 35.4 Å². The van der Waals surface area contributed by atoms with E-state index in [4.69, 9.17) is 0 Å². The predicted octanol–water partition coefficient (Wildman–Crippen LogP) is 2.65. The molecule has 2 amide bonds. The number of piperidine rings is 1. The van der Waals surface area contributed by atoms with Crippen LogP contribution in [0, 0.1) is 11.8 Å². The Hall–Kier alpha value is -1.84. The third-order valence-corrected chi connectivity index (χ3v) is 6.27. The second-order valence-corrected chi connectivity index (χ2v) is 7.92. The normalized spacial score (nSPS) is 24.5. The highest BCUT2D eigenvalue weighted by molar-refractivity contribution is 5.80. The Kier molecular flexibility index (Phi) is 4.78. The molecule has 2 heterocycles. The Bertz CT molecular complexity index is 649. The van der Waals surface area contributed by atoms with Crippen LogP contribution in [0.5, 0.6) is 0 Å². The first-order chi connectivity index (χ1) is 12.2. The van der Waals surface area contributed by atoms with E-state index < -0.39 is 0 Å². The van der Waals surface area contributed by atoms with Gasteiger partial charge in [0.25, 0.3) is 0 Å². The molecule has 3 aliphatic rings. The van der Waals surface area contributed by atoms with Crippen LogP contribution in [0.15, 0.2) is 24.3 Å². The molecule has 1 aromatic rings. The molecule has 2 aliphatic heterocycles. The fraction of sp³-hybridized carbons (Fsp3) is 0.619. The summed E-state index contributed by atoms with van der Waals surface area (Å²) in [4.78, 5) is 28.8. The van der Waals surface area contributed by atoms with E-state index in [9.17, 15) is 9.59 Å². The van der Waals surface area contributed by atoms with Gasteiger partial charge in [0.05, 0.1) is 0 Å². The molecule has 2 fully saturated rings. The average Bonchev–Trinajstić information content (AvgIpc) is 3.06. The van der Waals surface area contributed by atoms with Gasteiger partial charge in [-0.3, -0.25) is 9.59 Å². The number of carbonyl (C=O) groups excluding carboxylic acids is 2. The summed E-state index contributed by atoms with van der Waals surface area (Å²) in [7, 11) is 0. The van der Waals surface area contributed by atoms with Crippen molar-refractivity contribution in [2.45, 2.75) is 44.9 Å². The summed E-state index contributed by atoms with van der Waals surface area (Å²) in [5.74, 6) is 1.40. The summed E-state index contributed by atoms with van der Waals surface area (Å²) in [6.45, 7) is 3.56. The van der Waals surface area contributed by atoms with Crippen LogP contribution in [0.4, 0.5) is 0 Å². The minimum absolute atomic E-state index is 0.159. The van der Waals surface area contributed by atoms with E-state index in [0.717, 1.165) is 71.1 Å². The van der Waals surface area contributed by atoms with Crippen molar-refractivity contribution < 1.29 is 9.59 Å². The molecule has 0 N–H and O–H groups in total. The molecule has 0 aromatic heterocycles. The molecule has 134 valence electrons. The Morgan fingerprint density at radius 3 is 2.48 bits per heavy atom. The van der Waals surface area contributed by atoms with Crippen molar-refractivity contribution in [3.8, 4) is 0 Å². The van der Waals surface area contributed by atoms with Gasteiger partial charge in [0, 0.05) is 38.5 Å². The number of hydrogen-bond donors (Lipinski definition) is 0. The van der Waals surface area contributed by atoms with Gasteiger partial charge in [-0.1, -0.05) is 24.3 Å². The number of benzene rings is 1. The van der Waals surface area contributed by atoms with Crippen LogP contribution in [-0.2, 0) is 22.4 Å². The molecule has 25 heavy (non-hydrogen) atoms. The molecule has 4 nitrogen and oxygen atoms in total. The minimum Gasteiger partial charge on any atom is -0.342 e. The summed E-state index contributed by atoms with van der Waals surface area (Å²) in [5.41, 5.74) is 2.77. The van der Waals surface area contributed by atoms with Gasteiger partial charge in [-0.05, 0) is 55.6 Å². The summed E-state index contributed by atoms with van der Waals surface area (Å²) >= 11 is 0. The first-order valence-corrected chi connectivity index (χ1v) is 9.84. The van der Waals surface area contributed by atoms with Gasteiger partial charge >= 0.3 is 0 Å². The number of likely N-dealkylation sites (tertiary alicyclic amines) is 2. The highest BCUT2D eigenvalue weighted by atomic mass is 16.2. The quantitative estimate of drug-likeness (QED) is 0.849. The van der Waals surface area contributed by atoms with E-state index in [2.05, 4.69) is 29.2 Å². The Balaban J connectivity index is 1.29. The predicted molar refractivity (Wildman–Crippen MR) is 97.1 cm³/mol. The SMILES string of the molecule is O=C1CCCN1CC1CCN(C(=O)[C@@H]2CCc3ccccc3C2)CC1. The lowest BCUT2D eigenvalue weighted by Crippen LogP contribution is -2.45. The highest BCUT2D eigenvalue weighted by Gasteiger charge is 2.32. The Morgan fingerprint density at radius 2 is 1.76 bits per heavy atom. The zero-order valence-electron chi connectivity index (χ0n) is 15.0. The fourth-order valence-corrected chi connectivity index (χ4v) is 4.71. The van der Waals surface area contributed by atoms with Crippen molar-refractivity contribution in [1.82, 2.24) is 9.80 Å². The molecular formula is C21H28N2O2. The minimum atomic E-state index is 0.159. The highest BCUT2D eigenvalue weighted by Crippen LogP contribution is 2.28. The molecule has 1 aromatic carbocycles. The molecule has 0 spiro atoms. The van der Waals surface area contributed by atoms with Crippen LogP contribution in [0.25, 0.3) is 0 Å². The third kappa shape index (κ3) is 3.58. The van der Waals surface area contributed by atoms with Crippen molar-refractivity contribution in [2.24, 2.45) is 11.8 Å². The van der Waals surface area contributed by atoms with Crippen molar-refractivity contribution in [2.75, 3.05) is 26.2 Å². The van der Waals surface area contributed by atoms with E-state index >= 15 is 0 Å². The first kappa shape index (κ1) is 16.6.